The van der Waals surface area contributed by atoms with Gasteiger partial charge in [-0.05, 0) is 12.1 Å². The van der Waals surface area contributed by atoms with Crippen molar-refractivity contribution in [2.75, 3.05) is 0 Å². The minimum atomic E-state index is -1.24. The molecule has 0 aliphatic heterocycles. The van der Waals surface area contributed by atoms with E-state index in [1.807, 2.05) is 0 Å². The molecule has 6 heteroatoms. The Morgan fingerprint density at radius 1 is 1.23 bits per heavy atom. The van der Waals surface area contributed by atoms with Gasteiger partial charge >= 0.3 is 11.9 Å². The Morgan fingerprint density at radius 2 is 1.85 bits per heavy atom. The summed E-state index contributed by atoms with van der Waals surface area (Å²) in [5.74, 6) is -2.40. The number of carbonyl (C=O) groups is 2. The Balaban J connectivity index is 0.00000144. The number of carboxylic acids is 2. The van der Waals surface area contributed by atoms with Gasteiger partial charge in [-0.2, -0.15) is 0 Å². The van der Waals surface area contributed by atoms with Crippen LogP contribution in [0, 0.1) is 0 Å². The zero-order valence-electron chi connectivity index (χ0n) is 6.19. The average molecular weight is 275 g/mol. The minimum Gasteiger partial charge on any atom is -0.478 e. The second-order valence-electron chi connectivity index (χ2n) is 2.04. The largest absolute Gasteiger partial charge is 0.478 e. The average Bonchev–Trinajstić information content (AvgIpc) is 2.04. The molecule has 0 atom stereocenters. The van der Waals surface area contributed by atoms with Crippen molar-refractivity contribution in [3.05, 3.63) is 29.6 Å². The van der Waals surface area contributed by atoms with Crippen LogP contribution in [-0.4, -0.2) is 27.1 Å². The molecule has 1 heterocycles. The minimum absolute atomic E-state index is 0. The zero-order valence-corrected chi connectivity index (χ0v) is 7.67. The van der Waals surface area contributed by atoms with Crippen LogP contribution in [0.3, 0.4) is 0 Å². The molecule has 0 fully saturated rings. The summed E-state index contributed by atoms with van der Waals surface area (Å²) in [6.07, 6.45) is 1.15. The van der Waals surface area contributed by atoms with Crippen molar-refractivity contribution in [1.29, 1.82) is 0 Å². The maximum atomic E-state index is 10.4. The SMILES string of the molecule is O=C(O)c1ccnc(C(=O)O)c1.[Ag]. The molecule has 2 N–H and O–H groups in total. The fourth-order valence-corrected chi connectivity index (χ4v) is 0.681. The molecule has 1 aromatic heterocycles. The van der Waals surface area contributed by atoms with E-state index in [4.69, 9.17) is 10.2 Å². The van der Waals surface area contributed by atoms with E-state index in [-0.39, 0.29) is 33.6 Å². The topological polar surface area (TPSA) is 87.5 Å². The second-order valence-corrected chi connectivity index (χ2v) is 2.04. The van der Waals surface area contributed by atoms with Crippen molar-refractivity contribution in [3.63, 3.8) is 0 Å². The van der Waals surface area contributed by atoms with Crippen LogP contribution in [0.25, 0.3) is 0 Å². The van der Waals surface area contributed by atoms with Crippen LogP contribution < -0.4 is 0 Å². The molecule has 13 heavy (non-hydrogen) atoms. The van der Waals surface area contributed by atoms with E-state index < -0.39 is 11.9 Å². The van der Waals surface area contributed by atoms with Gasteiger partial charge in [0, 0.05) is 28.6 Å². The van der Waals surface area contributed by atoms with Crippen molar-refractivity contribution >= 4 is 11.9 Å². The monoisotopic (exact) mass is 274 g/mol. The molecule has 0 unspecified atom stereocenters. The van der Waals surface area contributed by atoms with Gasteiger partial charge in [0.15, 0.2) is 0 Å². The van der Waals surface area contributed by atoms with E-state index in [9.17, 15) is 9.59 Å². The Hall–Kier alpha value is -1.17. The summed E-state index contributed by atoms with van der Waals surface area (Å²) in [5, 5.41) is 16.9. The van der Waals surface area contributed by atoms with Gasteiger partial charge in [0.05, 0.1) is 5.56 Å². The molecule has 0 saturated carbocycles. The second kappa shape index (κ2) is 4.76. The van der Waals surface area contributed by atoms with Crippen molar-refractivity contribution in [2.45, 2.75) is 0 Å². The summed E-state index contributed by atoms with van der Waals surface area (Å²) in [6, 6.07) is 2.24. The Kier molecular flexibility index (Phi) is 4.33. The van der Waals surface area contributed by atoms with E-state index in [0.29, 0.717) is 0 Å². The van der Waals surface area contributed by atoms with Crippen molar-refractivity contribution in [3.8, 4) is 0 Å². The predicted octanol–water partition coefficient (Wildman–Crippen LogP) is 0.475. The third-order valence-corrected chi connectivity index (χ3v) is 1.23. The van der Waals surface area contributed by atoms with Crippen LogP contribution in [0.1, 0.15) is 20.8 Å². The molecule has 0 amide bonds. The molecule has 0 bridgehead atoms. The van der Waals surface area contributed by atoms with E-state index >= 15 is 0 Å². The zero-order chi connectivity index (χ0) is 9.14. The van der Waals surface area contributed by atoms with Gasteiger partial charge in [0.25, 0.3) is 0 Å². The van der Waals surface area contributed by atoms with Crippen LogP contribution in [0.15, 0.2) is 18.3 Å². The standard InChI is InChI=1S/C7H5NO4.Ag/c9-6(10)4-1-2-8-5(3-4)7(11)12;/h1-3H,(H,9,10)(H,11,12);. The van der Waals surface area contributed by atoms with Crippen LogP contribution in [0.2, 0.25) is 0 Å². The molecular weight excluding hydrogens is 270 g/mol. The number of nitrogens with zero attached hydrogens (tertiary/aromatic N) is 1. The summed E-state index contributed by atoms with van der Waals surface area (Å²) >= 11 is 0. The van der Waals surface area contributed by atoms with Gasteiger partial charge in [-0.15, -0.1) is 0 Å². The van der Waals surface area contributed by atoms with Crippen molar-refractivity contribution < 1.29 is 42.2 Å². The van der Waals surface area contributed by atoms with Crippen molar-refractivity contribution in [2.24, 2.45) is 0 Å². The van der Waals surface area contributed by atoms with Crippen LogP contribution in [0.5, 0.6) is 0 Å². The first kappa shape index (κ1) is 11.8. The summed E-state index contributed by atoms with van der Waals surface area (Å²) < 4.78 is 0. The summed E-state index contributed by atoms with van der Waals surface area (Å²) in [4.78, 5) is 24.1. The fourth-order valence-electron chi connectivity index (χ4n) is 0.681. The molecule has 5 nitrogen and oxygen atoms in total. The van der Waals surface area contributed by atoms with Gasteiger partial charge in [-0.3, -0.25) is 0 Å². The van der Waals surface area contributed by atoms with Gasteiger partial charge in [0.1, 0.15) is 5.69 Å². The molecule has 0 aliphatic carbocycles. The molecule has 1 rings (SSSR count). The number of carboxylic acid groups (broad SMARTS) is 2. The van der Waals surface area contributed by atoms with Gasteiger partial charge in [0.2, 0.25) is 0 Å². The van der Waals surface area contributed by atoms with Gasteiger partial charge in [-0.1, -0.05) is 0 Å². The first-order valence-electron chi connectivity index (χ1n) is 3.04. The maximum absolute atomic E-state index is 10.4. The molecule has 73 valence electrons. The quantitative estimate of drug-likeness (QED) is 0.766. The number of aromatic carboxylic acids is 2. The third-order valence-electron chi connectivity index (χ3n) is 1.23. The number of hydrogen-bond donors (Lipinski definition) is 2. The Morgan fingerprint density at radius 3 is 2.31 bits per heavy atom. The molecular formula is C7H5AgNO4. The first-order chi connectivity index (χ1) is 5.61. The van der Waals surface area contributed by atoms with Crippen LogP contribution >= 0.6 is 0 Å². The number of pyridine rings is 1. The number of hydrogen-bond acceptors (Lipinski definition) is 3. The normalized spacial score (nSPS) is 8.62. The summed E-state index contributed by atoms with van der Waals surface area (Å²) in [6.45, 7) is 0. The molecule has 1 aromatic rings. The van der Waals surface area contributed by atoms with E-state index in [2.05, 4.69) is 4.98 Å². The van der Waals surface area contributed by atoms with E-state index in [1.54, 1.807) is 0 Å². The summed E-state index contributed by atoms with van der Waals surface area (Å²) in [7, 11) is 0. The molecule has 0 aliphatic rings. The third kappa shape index (κ3) is 2.98. The number of rotatable bonds is 2. The van der Waals surface area contributed by atoms with E-state index in [1.165, 1.54) is 6.07 Å². The predicted molar refractivity (Wildman–Crippen MR) is 38.2 cm³/mol. The van der Waals surface area contributed by atoms with Crippen LogP contribution in [0.4, 0.5) is 0 Å². The smallest absolute Gasteiger partial charge is 0.354 e. The Bertz CT molecular complexity index is 310. The van der Waals surface area contributed by atoms with Crippen molar-refractivity contribution in [1.82, 2.24) is 4.98 Å². The van der Waals surface area contributed by atoms with E-state index in [0.717, 1.165) is 12.3 Å². The summed E-state index contributed by atoms with van der Waals surface area (Å²) in [5.41, 5.74) is -0.350. The first-order valence-corrected chi connectivity index (χ1v) is 3.04. The molecule has 1 radical (unpaired) electrons. The molecule has 0 aromatic carbocycles. The Labute approximate surface area is 88.9 Å². The van der Waals surface area contributed by atoms with Crippen LogP contribution in [-0.2, 0) is 22.4 Å². The molecule has 0 saturated heterocycles. The van der Waals surface area contributed by atoms with Gasteiger partial charge in [-0.25, -0.2) is 14.6 Å². The molecule has 0 spiro atoms. The fraction of sp³-hybridized carbons (Fsp3) is 0. The number of aromatic nitrogens is 1. The maximum Gasteiger partial charge on any atom is 0.354 e. The van der Waals surface area contributed by atoms with Gasteiger partial charge < -0.3 is 10.2 Å².